The molecule has 4 rings (SSSR count). The van der Waals surface area contributed by atoms with E-state index < -0.39 is 0 Å². The van der Waals surface area contributed by atoms with Gasteiger partial charge >= 0.3 is 0 Å². The van der Waals surface area contributed by atoms with Crippen molar-refractivity contribution in [2.45, 2.75) is 25.7 Å². The van der Waals surface area contributed by atoms with Gasteiger partial charge in [0.1, 0.15) is 5.75 Å². The fraction of sp³-hybridized carbons (Fsp3) is 0.391. The highest BCUT2D eigenvalue weighted by molar-refractivity contribution is 5.53. The summed E-state index contributed by atoms with van der Waals surface area (Å²) in [6, 6.07) is 18.3. The van der Waals surface area contributed by atoms with Crippen molar-refractivity contribution in [2.75, 3.05) is 26.7 Å². The quantitative estimate of drug-likeness (QED) is 0.616. The Morgan fingerprint density at radius 1 is 1.04 bits per heavy atom. The van der Waals surface area contributed by atoms with Gasteiger partial charge in [-0.3, -0.25) is 0 Å². The number of ether oxygens (including phenoxy) is 1. The van der Waals surface area contributed by atoms with Gasteiger partial charge in [0.2, 0.25) is 11.7 Å². The van der Waals surface area contributed by atoms with E-state index in [0.717, 1.165) is 55.6 Å². The van der Waals surface area contributed by atoms with Gasteiger partial charge in [-0.2, -0.15) is 4.98 Å². The van der Waals surface area contributed by atoms with E-state index in [0.29, 0.717) is 5.82 Å². The summed E-state index contributed by atoms with van der Waals surface area (Å²) in [5.41, 5.74) is 2.32. The molecular formula is C23H27N3O2. The predicted molar refractivity (Wildman–Crippen MR) is 109 cm³/mol. The van der Waals surface area contributed by atoms with Crippen LogP contribution in [0.2, 0.25) is 0 Å². The third-order valence-electron chi connectivity index (χ3n) is 5.55. The largest absolute Gasteiger partial charge is 0.496 e. The highest BCUT2D eigenvalue weighted by Crippen LogP contribution is 2.26. The summed E-state index contributed by atoms with van der Waals surface area (Å²) in [7, 11) is 1.75. The van der Waals surface area contributed by atoms with E-state index >= 15 is 0 Å². The number of rotatable bonds is 7. The van der Waals surface area contributed by atoms with Crippen LogP contribution in [-0.2, 0) is 12.8 Å². The van der Waals surface area contributed by atoms with E-state index in [1.807, 2.05) is 36.4 Å². The van der Waals surface area contributed by atoms with Gasteiger partial charge in [0.25, 0.3) is 0 Å². The van der Waals surface area contributed by atoms with E-state index in [2.05, 4.69) is 33.2 Å². The molecule has 3 aromatic rings. The maximum atomic E-state index is 5.50. The lowest BCUT2D eigenvalue weighted by molar-refractivity contribution is 0.180. The molecule has 0 bridgehead atoms. The lowest BCUT2D eigenvalue weighted by atomic mass is 9.90. The molecule has 0 saturated carbocycles. The minimum Gasteiger partial charge on any atom is -0.496 e. The fourth-order valence-electron chi connectivity index (χ4n) is 3.91. The maximum absolute atomic E-state index is 5.50. The van der Waals surface area contributed by atoms with Gasteiger partial charge in [0.15, 0.2) is 0 Å². The summed E-state index contributed by atoms with van der Waals surface area (Å²) >= 11 is 0. The Balaban J connectivity index is 1.24. The highest BCUT2D eigenvalue weighted by atomic mass is 16.5. The van der Waals surface area contributed by atoms with Crippen molar-refractivity contribution in [1.29, 1.82) is 0 Å². The van der Waals surface area contributed by atoms with Crippen molar-refractivity contribution in [3.8, 4) is 17.1 Å². The van der Waals surface area contributed by atoms with Crippen molar-refractivity contribution in [3.05, 3.63) is 66.1 Å². The molecule has 1 aromatic heterocycles. The van der Waals surface area contributed by atoms with Gasteiger partial charge in [-0.05, 0) is 49.9 Å². The molecule has 146 valence electrons. The van der Waals surface area contributed by atoms with Crippen molar-refractivity contribution in [1.82, 2.24) is 15.0 Å². The van der Waals surface area contributed by atoms with Crippen LogP contribution < -0.4 is 4.74 Å². The molecule has 0 unspecified atom stereocenters. The molecule has 2 aromatic carbocycles. The number of hydrogen-bond acceptors (Lipinski definition) is 5. The number of hydrogen-bond donors (Lipinski definition) is 0. The van der Waals surface area contributed by atoms with Crippen LogP contribution in [0.15, 0.2) is 59.1 Å². The van der Waals surface area contributed by atoms with Crippen molar-refractivity contribution in [2.24, 2.45) is 5.92 Å². The van der Waals surface area contributed by atoms with Crippen LogP contribution >= 0.6 is 0 Å². The zero-order chi connectivity index (χ0) is 19.2. The van der Waals surface area contributed by atoms with Gasteiger partial charge in [-0.25, -0.2) is 0 Å². The molecule has 1 saturated heterocycles. The van der Waals surface area contributed by atoms with Crippen molar-refractivity contribution in [3.63, 3.8) is 0 Å². The Bertz CT molecular complexity index is 870. The SMILES string of the molecule is COc1ccccc1CC1CCN(CCc2nc(-c3ccccc3)no2)CC1. The first kappa shape index (κ1) is 18.7. The Kier molecular flexibility index (Phi) is 6.02. The zero-order valence-corrected chi connectivity index (χ0v) is 16.4. The molecule has 0 amide bonds. The molecular weight excluding hydrogens is 350 g/mol. The molecule has 0 spiro atoms. The lowest BCUT2D eigenvalue weighted by Gasteiger charge is -2.31. The van der Waals surface area contributed by atoms with Crippen LogP contribution in [0.25, 0.3) is 11.4 Å². The van der Waals surface area contributed by atoms with Crippen molar-refractivity contribution < 1.29 is 9.26 Å². The normalized spacial score (nSPS) is 15.6. The summed E-state index contributed by atoms with van der Waals surface area (Å²) in [6.45, 7) is 3.22. The van der Waals surface area contributed by atoms with Gasteiger partial charge in [0, 0.05) is 18.5 Å². The first-order chi connectivity index (χ1) is 13.8. The number of likely N-dealkylation sites (tertiary alicyclic amines) is 1. The lowest BCUT2D eigenvalue weighted by Crippen LogP contribution is -2.35. The smallest absolute Gasteiger partial charge is 0.228 e. The first-order valence-electron chi connectivity index (χ1n) is 10.0. The predicted octanol–water partition coefficient (Wildman–Crippen LogP) is 4.24. The topological polar surface area (TPSA) is 51.4 Å². The third kappa shape index (κ3) is 4.60. The Morgan fingerprint density at radius 3 is 2.57 bits per heavy atom. The summed E-state index contributed by atoms with van der Waals surface area (Å²) in [5.74, 6) is 3.12. The monoisotopic (exact) mass is 377 g/mol. The van der Waals surface area contributed by atoms with E-state index in [4.69, 9.17) is 9.26 Å². The second-order valence-electron chi connectivity index (χ2n) is 7.43. The molecule has 5 nitrogen and oxygen atoms in total. The molecule has 2 heterocycles. The Labute approximate surface area is 166 Å². The van der Waals surface area contributed by atoms with Crippen LogP contribution in [0, 0.1) is 5.92 Å². The molecule has 0 N–H and O–H groups in total. The number of aromatic nitrogens is 2. The first-order valence-corrected chi connectivity index (χ1v) is 10.0. The Hall–Kier alpha value is -2.66. The van der Waals surface area contributed by atoms with Crippen molar-refractivity contribution >= 4 is 0 Å². The van der Waals surface area contributed by atoms with Gasteiger partial charge in [-0.1, -0.05) is 53.7 Å². The highest BCUT2D eigenvalue weighted by Gasteiger charge is 2.21. The number of nitrogens with zero attached hydrogens (tertiary/aromatic N) is 3. The third-order valence-corrected chi connectivity index (χ3v) is 5.55. The van der Waals surface area contributed by atoms with E-state index in [9.17, 15) is 0 Å². The average molecular weight is 377 g/mol. The summed E-state index contributed by atoms with van der Waals surface area (Å²) in [5, 5.41) is 4.11. The summed E-state index contributed by atoms with van der Waals surface area (Å²) < 4.78 is 10.9. The molecule has 5 heteroatoms. The minimum absolute atomic E-state index is 0.672. The van der Waals surface area contributed by atoms with Gasteiger partial charge in [0.05, 0.1) is 7.11 Å². The molecule has 0 radical (unpaired) electrons. The maximum Gasteiger partial charge on any atom is 0.228 e. The minimum atomic E-state index is 0.672. The average Bonchev–Trinajstić information content (AvgIpc) is 3.23. The van der Waals surface area contributed by atoms with Crippen LogP contribution in [0.5, 0.6) is 5.75 Å². The summed E-state index contributed by atoms with van der Waals surface area (Å²) in [4.78, 5) is 7.04. The molecule has 1 aliphatic rings. The number of benzene rings is 2. The van der Waals surface area contributed by atoms with Gasteiger partial charge in [-0.15, -0.1) is 0 Å². The standard InChI is InChI=1S/C23H27N3O2/c1-27-21-10-6-5-9-20(21)17-18-11-14-26(15-12-18)16-13-22-24-23(25-28-22)19-7-3-2-4-8-19/h2-10,18H,11-17H2,1H3. The van der Waals surface area contributed by atoms with E-state index in [1.54, 1.807) is 7.11 Å². The molecule has 1 fully saturated rings. The molecule has 0 aliphatic carbocycles. The van der Waals surface area contributed by atoms with Crippen LogP contribution in [-0.4, -0.2) is 41.8 Å². The Morgan fingerprint density at radius 2 is 1.79 bits per heavy atom. The van der Waals surface area contributed by atoms with E-state index in [-0.39, 0.29) is 0 Å². The van der Waals surface area contributed by atoms with Crippen LogP contribution in [0.3, 0.4) is 0 Å². The van der Waals surface area contributed by atoms with Gasteiger partial charge < -0.3 is 14.2 Å². The van der Waals surface area contributed by atoms with Crippen LogP contribution in [0.1, 0.15) is 24.3 Å². The second kappa shape index (κ2) is 9.02. The fourth-order valence-corrected chi connectivity index (χ4v) is 3.91. The van der Waals surface area contributed by atoms with Crippen LogP contribution in [0.4, 0.5) is 0 Å². The number of methoxy groups -OCH3 is 1. The molecule has 0 atom stereocenters. The molecule has 28 heavy (non-hydrogen) atoms. The molecule has 1 aliphatic heterocycles. The number of para-hydroxylation sites is 1. The zero-order valence-electron chi connectivity index (χ0n) is 16.4. The second-order valence-corrected chi connectivity index (χ2v) is 7.43. The number of piperidine rings is 1. The van der Waals surface area contributed by atoms with E-state index in [1.165, 1.54) is 18.4 Å². The summed E-state index contributed by atoms with van der Waals surface area (Å²) in [6.07, 6.45) is 4.34.